The minimum atomic E-state index is 0.746. The Kier molecular flexibility index (Phi) is 4.38. The lowest BCUT2D eigenvalue weighted by Crippen LogP contribution is -2.39. The van der Waals surface area contributed by atoms with Crippen molar-refractivity contribution in [2.75, 3.05) is 13.1 Å². The molecule has 1 saturated heterocycles. The lowest BCUT2D eigenvalue weighted by molar-refractivity contribution is 0.262. The fraction of sp³-hybridized carbons (Fsp3) is 0.786. The third-order valence-electron chi connectivity index (χ3n) is 3.71. The molecule has 1 aromatic rings. The van der Waals surface area contributed by atoms with Crippen LogP contribution in [0.5, 0.6) is 0 Å². The quantitative estimate of drug-likeness (QED) is 0.840. The highest BCUT2D eigenvalue weighted by Gasteiger charge is 2.24. The number of rotatable bonds is 3. The molecule has 3 nitrogen and oxygen atoms in total. The van der Waals surface area contributed by atoms with Crippen molar-refractivity contribution in [2.24, 2.45) is 0 Å². The van der Waals surface area contributed by atoms with E-state index < -0.39 is 0 Å². The molecule has 1 aromatic heterocycles. The van der Waals surface area contributed by atoms with E-state index in [1.807, 2.05) is 0 Å². The van der Waals surface area contributed by atoms with Crippen molar-refractivity contribution in [1.29, 1.82) is 0 Å². The van der Waals surface area contributed by atoms with Crippen LogP contribution in [-0.2, 0) is 13.1 Å². The average molecular weight is 267 g/mol. The third-order valence-corrected chi connectivity index (χ3v) is 4.94. The first-order valence-electron chi connectivity index (χ1n) is 6.92. The van der Waals surface area contributed by atoms with Crippen molar-refractivity contribution < 1.29 is 0 Å². The summed E-state index contributed by atoms with van der Waals surface area (Å²) in [6.07, 6.45) is 0. The summed E-state index contributed by atoms with van der Waals surface area (Å²) in [7, 11) is 0. The second-order valence-electron chi connectivity index (χ2n) is 5.42. The van der Waals surface area contributed by atoms with E-state index >= 15 is 0 Å². The number of aromatic nitrogens is 2. The van der Waals surface area contributed by atoms with Gasteiger partial charge in [0.25, 0.3) is 0 Å². The van der Waals surface area contributed by atoms with Gasteiger partial charge in [-0.05, 0) is 20.8 Å². The smallest absolute Gasteiger partial charge is 0.0641 e. The van der Waals surface area contributed by atoms with E-state index in [9.17, 15) is 0 Å². The Morgan fingerprint density at radius 1 is 1.22 bits per heavy atom. The maximum atomic E-state index is 4.62. The lowest BCUT2D eigenvalue weighted by Gasteiger charge is -2.34. The van der Waals surface area contributed by atoms with Crippen LogP contribution in [0.25, 0.3) is 0 Å². The van der Waals surface area contributed by atoms with Crippen molar-refractivity contribution in [1.82, 2.24) is 14.7 Å². The van der Waals surface area contributed by atoms with Crippen molar-refractivity contribution in [3.63, 3.8) is 0 Å². The molecule has 0 spiro atoms. The molecule has 0 unspecified atom stereocenters. The van der Waals surface area contributed by atoms with Crippen LogP contribution in [0.15, 0.2) is 0 Å². The van der Waals surface area contributed by atoms with Crippen LogP contribution < -0.4 is 0 Å². The van der Waals surface area contributed by atoms with Gasteiger partial charge in [0, 0.05) is 47.9 Å². The van der Waals surface area contributed by atoms with Crippen molar-refractivity contribution in [3.8, 4) is 0 Å². The van der Waals surface area contributed by atoms with E-state index in [0.29, 0.717) is 0 Å². The molecule has 1 fully saturated rings. The normalized spacial score (nSPS) is 25.6. The molecule has 0 bridgehead atoms. The molecule has 0 aliphatic carbocycles. The van der Waals surface area contributed by atoms with Crippen LogP contribution in [0, 0.1) is 13.8 Å². The molecule has 2 heterocycles. The molecular formula is C14H25N3S. The topological polar surface area (TPSA) is 21.1 Å². The van der Waals surface area contributed by atoms with E-state index in [1.165, 1.54) is 30.0 Å². The molecule has 1 aliphatic rings. The monoisotopic (exact) mass is 267 g/mol. The Bertz CT molecular complexity index is 403. The third kappa shape index (κ3) is 2.91. The number of thioether (sulfide) groups is 1. The summed E-state index contributed by atoms with van der Waals surface area (Å²) >= 11 is 2.11. The number of hydrogen-bond donors (Lipinski definition) is 0. The summed E-state index contributed by atoms with van der Waals surface area (Å²) in [5.41, 5.74) is 3.98. The Morgan fingerprint density at radius 2 is 1.83 bits per heavy atom. The highest BCUT2D eigenvalue weighted by Crippen LogP contribution is 2.26. The maximum absolute atomic E-state index is 4.62. The molecule has 0 saturated carbocycles. The Morgan fingerprint density at radius 3 is 2.33 bits per heavy atom. The lowest BCUT2D eigenvalue weighted by atomic mass is 10.1. The van der Waals surface area contributed by atoms with E-state index in [1.54, 1.807) is 0 Å². The predicted octanol–water partition coefficient (Wildman–Crippen LogP) is 2.85. The van der Waals surface area contributed by atoms with Crippen LogP contribution in [0.1, 0.15) is 37.7 Å². The standard InChI is InChI=1S/C14H25N3S/c1-6-17-13(5)14(12(4)15-17)9-16-7-10(2)18-11(3)8-16/h10-11H,6-9H2,1-5H3/t10-,11-/m1/s1. The molecule has 0 radical (unpaired) electrons. The highest BCUT2D eigenvalue weighted by atomic mass is 32.2. The van der Waals surface area contributed by atoms with Crippen LogP contribution in [0.2, 0.25) is 0 Å². The summed E-state index contributed by atoms with van der Waals surface area (Å²) in [5.74, 6) is 0. The Labute approximate surface area is 115 Å². The predicted molar refractivity (Wildman–Crippen MR) is 79.2 cm³/mol. The molecule has 0 aromatic carbocycles. The molecule has 102 valence electrons. The first-order chi connectivity index (χ1) is 8.51. The largest absolute Gasteiger partial charge is 0.297 e. The first-order valence-corrected chi connectivity index (χ1v) is 7.86. The van der Waals surface area contributed by atoms with Gasteiger partial charge in [0.2, 0.25) is 0 Å². The van der Waals surface area contributed by atoms with E-state index in [-0.39, 0.29) is 0 Å². The Balaban J connectivity index is 2.11. The molecule has 18 heavy (non-hydrogen) atoms. The zero-order valence-corrected chi connectivity index (χ0v) is 13.0. The second-order valence-corrected chi connectivity index (χ2v) is 7.30. The molecule has 0 N–H and O–H groups in total. The van der Waals surface area contributed by atoms with E-state index in [0.717, 1.165) is 23.6 Å². The number of aryl methyl sites for hydroxylation is 2. The second kappa shape index (κ2) is 5.66. The molecule has 4 heteroatoms. The fourth-order valence-electron chi connectivity index (χ4n) is 2.91. The molecule has 1 aliphatic heterocycles. The van der Waals surface area contributed by atoms with E-state index in [2.05, 4.69) is 61.1 Å². The summed E-state index contributed by atoms with van der Waals surface area (Å²) in [4.78, 5) is 2.59. The van der Waals surface area contributed by atoms with E-state index in [4.69, 9.17) is 0 Å². The van der Waals surface area contributed by atoms with Gasteiger partial charge >= 0.3 is 0 Å². The zero-order valence-electron chi connectivity index (χ0n) is 12.2. The van der Waals surface area contributed by atoms with Crippen molar-refractivity contribution in [2.45, 2.75) is 58.2 Å². The fourth-order valence-corrected chi connectivity index (χ4v) is 4.29. The van der Waals surface area contributed by atoms with Gasteiger partial charge in [-0.2, -0.15) is 16.9 Å². The minimum absolute atomic E-state index is 0.746. The summed E-state index contributed by atoms with van der Waals surface area (Å²) in [6.45, 7) is 15.6. The maximum Gasteiger partial charge on any atom is 0.0641 e. The molecule has 0 amide bonds. The first kappa shape index (κ1) is 13.9. The van der Waals surface area contributed by atoms with Crippen LogP contribution in [-0.4, -0.2) is 38.3 Å². The van der Waals surface area contributed by atoms with Gasteiger partial charge in [-0.3, -0.25) is 9.58 Å². The zero-order chi connectivity index (χ0) is 13.3. The average Bonchev–Trinajstić information content (AvgIpc) is 2.55. The van der Waals surface area contributed by atoms with Crippen molar-refractivity contribution in [3.05, 3.63) is 17.0 Å². The highest BCUT2D eigenvalue weighted by molar-refractivity contribution is 8.00. The van der Waals surface area contributed by atoms with Crippen LogP contribution in [0.4, 0.5) is 0 Å². The molecule has 2 atom stereocenters. The molecule has 2 rings (SSSR count). The van der Waals surface area contributed by atoms with Crippen LogP contribution >= 0.6 is 11.8 Å². The van der Waals surface area contributed by atoms with Gasteiger partial charge in [-0.15, -0.1) is 0 Å². The van der Waals surface area contributed by atoms with Crippen LogP contribution in [0.3, 0.4) is 0 Å². The Hall–Kier alpha value is -0.480. The summed E-state index contributed by atoms with van der Waals surface area (Å²) < 4.78 is 2.12. The summed E-state index contributed by atoms with van der Waals surface area (Å²) in [6, 6.07) is 0. The van der Waals surface area contributed by atoms with Gasteiger partial charge < -0.3 is 0 Å². The van der Waals surface area contributed by atoms with Gasteiger partial charge in [0.1, 0.15) is 0 Å². The van der Waals surface area contributed by atoms with Gasteiger partial charge in [-0.25, -0.2) is 0 Å². The van der Waals surface area contributed by atoms with Crippen molar-refractivity contribution >= 4 is 11.8 Å². The molecular weight excluding hydrogens is 242 g/mol. The van der Waals surface area contributed by atoms with Gasteiger partial charge in [0.05, 0.1) is 5.69 Å². The minimum Gasteiger partial charge on any atom is -0.297 e. The summed E-state index contributed by atoms with van der Waals surface area (Å²) in [5, 5.41) is 6.11. The number of hydrogen-bond acceptors (Lipinski definition) is 3. The SMILES string of the molecule is CCn1nc(C)c(CN2C[C@@H](C)S[C@H](C)C2)c1C. The van der Waals surface area contributed by atoms with Gasteiger partial charge in [0.15, 0.2) is 0 Å². The van der Waals surface area contributed by atoms with Gasteiger partial charge in [-0.1, -0.05) is 13.8 Å². The number of nitrogens with zero attached hydrogens (tertiary/aromatic N) is 3.